The number of alkyl halides is 1. The Labute approximate surface area is 111 Å². The third-order valence-corrected chi connectivity index (χ3v) is 4.41. The molecule has 1 nitrogen and oxygen atoms in total. The van der Waals surface area contributed by atoms with Gasteiger partial charge in [-0.25, -0.2) is 0 Å². The van der Waals surface area contributed by atoms with Crippen LogP contribution in [-0.4, -0.2) is 11.9 Å². The van der Waals surface area contributed by atoms with Crippen LogP contribution in [0.2, 0.25) is 5.02 Å². The summed E-state index contributed by atoms with van der Waals surface area (Å²) in [6, 6.07) is 5.77. The van der Waals surface area contributed by atoms with Crippen molar-refractivity contribution < 1.29 is 4.74 Å². The van der Waals surface area contributed by atoms with Crippen molar-refractivity contribution in [2.45, 2.75) is 31.5 Å². The molecule has 0 aliphatic rings. The van der Waals surface area contributed by atoms with Crippen LogP contribution in [0.4, 0.5) is 0 Å². The van der Waals surface area contributed by atoms with Crippen LogP contribution in [0.3, 0.4) is 0 Å². The lowest BCUT2D eigenvalue weighted by molar-refractivity contribution is 0.408. The Hall–Kier alpha value is -0.210. The second-order valence-corrected chi connectivity index (χ2v) is 5.87. The highest BCUT2D eigenvalue weighted by Crippen LogP contribution is 2.26. The van der Waals surface area contributed by atoms with Crippen molar-refractivity contribution in [3.05, 3.63) is 28.8 Å². The summed E-state index contributed by atoms with van der Waals surface area (Å²) < 4.78 is 5.32. The van der Waals surface area contributed by atoms with E-state index in [0.29, 0.717) is 10.7 Å². The van der Waals surface area contributed by atoms with Crippen molar-refractivity contribution in [1.29, 1.82) is 0 Å². The summed E-state index contributed by atoms with van der Waals surface area (Å²) in [5, 5.41) is 0.770. The van der Waals surface area contributed by atoms with Crippen LogP contribution in [0.25, 0.3) is 0 Å². The van der Waals surface area contributed by atoms with Gasteiger partial charge in [0.25, 0.3) is 0 Å². The SMILES string of the molecule is COc1ccc(Cl)cc1CCC(Br)C(C)C. The van der Waals surface area contributed by atoms with Crippen molar-refractivity contribution in [3.63, 3.8) is 0 Å². The fourth-order valence-electron chi connectivity index (χ4n) is 1.57. The average Bonchev–Trinajstić information content (AvgIpc) is 2.25. The molecule has 16 heavy (non-hydrogen) atoms. The second-order valence-electron chi connectivity index (χ2n) is 4.25. The van der Waals surface area contributed by atoms with Crippen molar-refractivity contribution in [2.24, 2.45) is 5.92 Å². The highest BCUT2D eigenvalue weighted by atomic mass is 79.9. The molecule has 0 amide bonds. The Morgan fingerprint density at radius 1 is 1.38 bits per heavy atom. The topological polar surface area (TPSA) is 9.23 Å². The Kier molecular flexibility index (Phi) is 5.63. The average molecular weight is 306 g/mol. The van der Waals surface area contributed by atoms with Crippen molar-refractivity contribution in [1.82, 2.24) is 0 Å². The van der Waals surface area contributed by atoms with Gasteiger partial charge >= 0.3 is 0 Å². The fourth-order valence-corrected chi connectivity index (χ4v) is 1.99. The first-order valence-corrected chi connectivity index (χ1v) is 6.80. The molecule has 0 spiro atoms. The standard InChI is InChI=1S/C13H18BrClO/c1-9(2)12(14)6-4-10-8-11(15)5-7-13(10)16-3/h5,7-9,12H,4,6H2,1-3H3. The van der Waals surface area contributed by atoms with Crippen LogP contribution >= 0.6 is 27.5 Å². The van der Waals surface area contributed by atoms with Gasteiger partial charge in [-0.05, 0) is 42.5 Å². The monoisotopic (exact) mass is 304 g/mol. The van der Waals surface area contributed by atoms with Crippen LogP contribution in [0.1, 0.15) is 25.8 Å². The zero-order valence-electron chi connectivity index (χ0n) is 9.97. The fraction of sp³-hybridized carbons (Fsp3) is 0.538. The molecule has 1 unspecified atom stereocenters. The van der Waals surface area contributed by atoms with E-state index in [1.807, 2.05) is 18.2 Å². The van der Waals surface area contributed by atoms with Crippen molar-refractivity contribution in [2.75, 3.05) is 7.11 Å². The minimum absolute atomic E-state index is 0.538. The van der Waals surface area contributed by atoms with Gasteiger partial charge in [0.1, 0.15) is 5.75 Å². The van der Waals surface area contributed by atoms with E-state index in [0.717, 1.165) is 23.6 Å². The van der Waals surface area contributed by atoms with Crippen LogP contribution in [0.5, 0.6) is 5.75 Å². The maximum Gasteiger partial charge on any atom is 0.122 e. The molecule has 0 heterocycles. The summed E-state index contributed by atoms with van der Waals surface area (Å²) in [7, 11) is 1.70. The van der Waals surface area contributed by atoms with E-state index in [9.17, 15) is 0 Å². The number of rotatable bonds is 5. The first-order valence-electron chi connectivity index (χ1n) is 5.51. The first-order chi connectivity index (χ1) is 7.54. The van der Waals surface area contributed by atoms with E-state index in [4.69, 9.17) is 16.3 Å². The Morgan fingerprint density at radius 3 is 2.62 bits per heavy atom. The van der Waals surface area contributed by atoms with E-state index in [1.165, 1.54) is 5.56 Å². The van der Waals surface area contributed by atoms with E-state index < -0.39 is 0 Å². The van der Waals surface area contributed by atoms with Gasteiger partial charge < -0.3 is 4.74 Å². The molecular weight excluding hydrogens is 287 g/mol. The predicted octanol–water partition coefficient (Wildman–Crippen LogP) is 4.70. The van der Waals surface area contributed by atoms with Crippen LogP contribution < -0.4 is 4.74 Å². The number of halogens is 2. The molecule has 0 radical (unpaired) electrons. The molecule has 0 aliphatic carbocycles. The molecule has 0 saturated carbocycles. The number of hydrogen-bond acceptors (Lipinski definition) is 1. The lowest BCUT2D eigenvalue weighted by Crippen LogP contribution is -2.08. The molecule has 0 bridgehead atoms. The molecule has 0 fully saturated rings. The van der Waals surface area contributed by atoms with Gasteiger partial charge in [-0.3, -0.25) is 0 Å². The van der Waals surface area contributed by atoms with Crippen LogP contribution in [0, 0.1) is 5.92 Å². The number of aryl methyl sites for hydroxylation is 1. The normalized spacial score (nSPS) is 12.9. The summed E-state index contributed by atoms with van der Waals surface area (Å²) in [5.41, 5.74) is 1.18. The zero-order chi connectivity index (χ0) is 12.1. The number of ether oxygens (including phenoxy) is 1. The lowest BCUT2D eigenvalue weighted by atomic mass is 10.0. The van der Waals surface area contributed by atoms with Crippen molar-refractivity contribution >= 4 is 27.5 Å². The van der Waals surface area contributed by atoms with Gasteiger partial charge in [-0.15, -0.1) is 0 Å². The highest BCUT2D eigenvalue weighted by Gasteiger charge is 2.11. The van der Waals surface area contributed by atoms with Crippen molar-refractivity contribution in [3.8, 4) is 5.75 Å². The molecule has 1 aromatic carbocycles. The number of methoxy groups -OCH3 is 1. The summed E-state index contributed by atoms with van der Waals surface area (Å²) >= 11 is 9.68. The molecule has 1 rings (SSSR count). The first kappa shape index (κ1) is 13.9. The van der Waals surface area contributed by atoms with Gasteiger partial charge in [0, 0.05) is 9.85 Å². The molecule has 1 aromatic rings. The highest BCUT2D eigenvalue weighted by molar-refractivity contribution is 9.09. The Balaban J connectivity index is 2.68. The maximum atomic E-state index is 5.98. The molecule has 1 atom stereocenters. The van der Waals surface area contributed by atoms with E-state index in [2.05, 4.69) is 29.8 Å². The zero-order valence-corrected chi connectivity index (χ0v) is 12.3. The van der Waals surface area contributed by atoms with Gasteiger partial charge in [0.05, 0.1) is 7.11 Å². The van der Waals surface area contributed by atoms with E-state index in [-0.39, 0.29) is 0 Å². The number of benzene rings is 1. The van der Waals surface area contributed by atoms with Gasteiger partial charge in [0.15, 0.2) is 0 Å². The third-order valence-electron chi connectivity index (χ3n) is 2.66. The molecule has 0 saturated heterocycles. The third kappa shape index (κ3) is 3.99. The summed E-state index contributed by atoms with van der Waals surface area (Å²) in [4.78, 5) is 0.538. The quantitative estimate of drug-likeness (QED) is 0.716. The van der Waals surface area contributed by atoms with Gasteiger partial charge in [-0.2, -0.15) is 0 Å². The van der Waals surface area contributed by atoms with Crippen LogP contribution in [0.15, 0.2) is 18.2 Å². The van der Waals surface area contributed by atoms with Gasteiger partial charge in [-0.1, -0.05) is 41.4 Å². The molecule has 0 aliphatic heterocycles. The Morgan fingerprint density at radius 2 is 2.06 bits per heavy atom. The lowest BCUT2D eigenvalue weighted by Gasteiger charge is -2.15. The van der Waals surface area contributed by atoms with Gasteiger partial charge in [0.2, 0.25) is 0 Å². The number of hydrogen-bond donors (Lipinski definition) is 0. The smallest absolute Gasteiger partial charge is 0.122 e. The molecular formula is C13H18BrClO. The van der Waals surface area contributed by atoms with E-state index >= 15 is 0 Å². The molecule has 0 aromatic heterocycles. The van der Waals surface area contributed by atoms with E-state index in [1.54, 1.807) is 7.11 Å². The molecule has 90 valence electrons. The predicted molar refractivity (Wildman–Crippen MR) is 73.9 cm³/mol. The summed E-state index contributed by atoms with van der Waals surface area (Å²) in [6.45, 7) is 4.43. The minimum Gasteiger partial charge on any atom is -0.496 e. The minimum atomic E-state index is 0.538. The largest absolute Gasteiger partial charge is 0.496 e. The maximum absolute atomic E-state index is 5.98. The summed E-state index contributed by atoms with van der Waals surface area (Å²) in [5.74, 6) is 1.57. The summed E-state index contributed by atoms with van der Waals surface area (Å²) in [6.07, 6.45) is 2.08. The van der Waals surface area contributed by atoms with Crippen LogP contribution in [-0.2, 0) is 6.42 Å². The molecule has 0 N–H and O–H groups in total. The molecule has 3 heteroatoms. The Bertz CT molecular complexity index is 339. The second kappa shape index (κ2) is 6.51.